The van der Waals surface area contributed by atoms with Crippen molar-refractivity contribution >= 4 is 28.1 Å². The van der Waals surface area contributed by atoms with Crippen LogP contribution in [0.3, 0.4) is 0 Å². The predicted molar refractivity (Wildman–Crippen MR) is 120 cm³/mol. The molecule has 0 spiro atoms. The summed E-state index contributed by atoms with van der Waals surface area (Å²) < 4.78 is 3.44. The van der Waals surface area contributed by atoms with Crippen LogP contribution in [0, 0.1) is 0 Å². The van der Waals surface area contributed by atoms with Crippen molar-refractivity contribution in [2.45, 2.75) is 26.7 Å². The molecule has 0 N–H and O–H groups in total. The normalized spacial score (nSPS) is 15.4. The van der Waals surface area contributed by atoms with Crippen molar-refractivity contribution < 1.29 is 23.2 Å². The number of rotatable bonds is 2. The topological polar surface area (TPSA) is 0 Å². The molecule has 29 heavy (non-hydrogen) atoms. The van der Waals surface area contributed by atoms with Gasteiger partial charge < -0.3 is 0 Å². The summed E-state index contributed by atoms with van der Waals surface area (Å²) in [5.41, 5.74) is 9.43. The zero-order valence-electron chi connectivity index (χ0n) is 16.8. The summed E-state index contributed by atoms with van der Waals surface area (Å²) in [5.74, 6) is 0. The molecule has 0 aromatic heterocycles. The molecule has 138 valence electrons. The van der Waals surface area contributed by atoms with E-state index >= 15 is 0 Å². The van der Waals surface area contributed by atoms with Crippen LogP contribution >= 0.6 is 0 Å². The number of hydrogen-bond acceptors (Lipinski definition) is 0. The Morgan fingerprint density at radius 2 is 1.00 bits per heavy atom. The Balaban J connectivity index is 1.53. The molecular weight excluding hydrogens is 428 g/mol. The van der Waals surface area contributed by atoms with Crippen molar-refractivity contribution in [1.29, 1.82) is 0 Å². The molecule has 0 saturated heterocycles. The average Bonchev–Trinajstić information content (AvgIpc) is 3.25. The Kier molecular flexibility index (Phi) is 4.03. The number of allylic oxidation sites excluding steroid dienone is 2. The molecule has 0 fully saturated rings. The van der Waals surface area contributed by atoms with E-state index in [9.17, 15) is 0 Å². The molecule has 0 amide bonds. The van der Waals surface area contributed by atoms with Gasteiger partial charge in [-0.3, -0.25) is 0 Å². The van der Waals surface area contributed by atoms with Crippen LogP contribution in [0.5, 0.6) is 0 Å². The van der Waals surface area contributed by atoms with E-state index in [1.54, 1.807) is 28.8 Å². The molecule has 0 heterocycles. The molecule has 6 rings (SSSR count). The first-order chi connectivity index (χ1) is 14.2. The van der Waals surface area contributed by atoms with Crippen molar-refractivity contribution in [2.24, 2.45) is 0 Å². The Morgan fingerprint density at radius 3 is 1.48 bits per heavy atom. The van der Waals surface area contributed by atoms with Crippen LogP contribution in [0.4, 0.5) is 0 Å². The summed E-state index contributed by atoms with van der Waals surface area (Å²) in [6.07, 6.45) is 2.26. The number of hydrogen-bond donors (Lipinski definition) is 0. The van der Waals surface area contributed by atoms with Gasteiger partial charge in [-0.2, -0.15) is 0 Å². The molecular formula is C28H22Zr. The summed E-state index contributed by atoms with van der Waals surface area (Å²) >= 11 is -0.925. The van der Waals surface area contributed by atoms with Crippen LogP contribution in [0.25, 0.3) is 28.1 Å². The standard InChI is InChI=1S/2C14H11.Zr/c2*1-10-8-12-7-6-11-4-2-3-5-13(11)14(12)9-10;/h2*2-7H,8H2,1H3;. The molecule has 0 saturated carbocycles. The molecule has 0 radical (unpaired) electrons. The molecule has 0 atom stereocenters. The second-order valence-corrected chi connectivity index (χ2v) is 11.5. The summed E-state index contributed by atoms with van der Waals surface area (Å²) in [7, 11) is 0. The van der Waals surface area contributed by atoms with Crippen molar-refractivity contribution in [2.75, 3.05) is 0 Å². The van der Waals surface area contributed by atoms with Crippen molar-refractivity contribution in [3.8, 4) is 0 Å². The first-order valence-electron chi connectivity index (χ1n) is 10.4. The number of benzene rings is 4. The van der Waals surface area contributed by atoms with E-state index in [1.165, 1.54) is 32.7 Å². The minimum atomic E-state index is -0.925. The van der Waals surface area contributed by atoms with Crippen molar-refractivity contribution in [1.82, 2.24) is 0 Å². The van der Waals surface area contributed by atoms with Crippen LogP contribution in [0.15, 0.2) is 83.9 Å². The monoisotopic (exact) mass is 448 g/mol. The maximum absolute atomic E-state index is 2.37. The Bertz CT molecular complexity index is 1280. The Hall–Kier alpha value is -2.24. The number of fused-ring (bicyclic) bond motifs is 6. The summed E-state index contributed by atoms with van der Waals surface area (Å²) in [6.45, 7) is 4.75. The summed E-state index contributed by atoms with van der Waals surface area (Å²) in [4.78, 5) is 0. The third kappa shape index (κ3) is 2.67. The van der Waals surface area contributed by atoms with E-state index in [0.29, 0.717) is 0 Å². The second-order valence-electron chi connectivity index (χ2n) is 8.43. The molecule has 0 aliphatic heterocycles. The quantitative estimate of drug-likeness (QED) is 0.300. The van der Waals surface area contributed by atoms with E-state index in [1.807, 2.05) is 0 Å². The molecule has 0 bridgehead atoms. The van der Waals surface area contributed by atoms with Crippen molar-refractivity contribution in [3.05, 3.63) is 106 Å². The maximum atomic E-state index is 2.37. The second kappa shape index (κ2) is 6.64. The van der Waals surface area contributed by atoms with E-state index < -0.39 is 23.2 Å². The van der Waals surface area contributed by atoms with Crippen LogP contribution in [0.1, 0.15) is 36.1 Å². The average molecular weight is 450 g/mol. The molecule has 2 aliphatic carbocycles. The van der Waals surface area contributed by atoms with Gasteiger partial charge in [-0.15, -0.1) is 0 Å². The van der Waals surface area contributed by atoms with Gasteiger partial charge in [-0.1, -0.05) is 0 Å². The molecule has 0 unspecified atom stereocenters. The molecule has 1 heteroatoms. The van der Waals surface area contributed by atoms with Gasteiger partial charge in [0.05, 0.1) is 0 Å². The van der Waals surface area contributed by atoms with E-state index in [4.69, 9.17) is 0 Å². The van der Waals surface area contributed by atoms with E-state index in [-0.39, 0.29) is 0 Å². The molecule has 4 aromatic carbocycles. The first kappa shape index (κ1) is 17.6. The first-order valence-corrected chi connectivity index (χ1v) is 12.8. The van der Waals surface area contributed by atoms with Gasteiger partial charge in [-0.05, 0) is 0 Å². The SMILES string of the molecule is CC1=[C]([Zr][C]2=C(C)Cc3ccc4ccccc4c32)c2c(ccc3ccccc23)C1. The van der Waals surface area contributed by atoms with E-state index in [2.05, 4.69) is 86.6 Å². The van der Waals surface area contributed by atoms with Gasteiger partial charge in [0, 0.05) is 0 Å². The summed E-state index contributed by atoms with van der Waals surface area (Å²) in [5, 5.41) is 5.65. The van der Waals surface area contributed by atoms with Crippen LogP contribution in [0.2, 0.25) is 0 Å². The van der Waals surface area contributed by atoms with Crippen molar-refractivity contribution in [3.63, 3.8) is 0 Å². The fraction of sp³-hybridized carbons (Fsp3) is 0.143. The van der Waals surface area contributed by atoms with Gasteiger partial charge in [-0.25, -0.2) is 0 Å². The van der Waals surface area contributed by atoms with Gasteiger partial charge in [0.25, 0.3) is 0 Å². The van der Waals surface area contributed by atoms with Crippen LogP contribution in [-0.2, 0) is 36.1 Å². The fourth-order valence-electron chi connectivity index (χ4n) is 5.16. The van der Waals surface area contributed by atoms with Crippen LogP contribution in [-0.4, -0.2) is 0 Å². The molecule has 2 aliphatic rings. The zero-order chi connectivity index (χ0) is 19.5. The zero-order valence-corrected chi connectivity index (χ0v) is 19.3. The van der Waals surface area contributed by atoms with Crippen LogP contribution < -0.4 is 0 Å². The van der Waals surface area contributed by atoms with Gasteiger partial charge in [0.1, 0.15) is 0 Å². The third-order valence-corrected chi connectivity index (χ3v) is 11.1. The van der Waals surface area contributed by atoms with Gasteiger partial charge in [0.15, 0.2) is 0 Å². The predicted octanol–water partition coefficient (Wildman–Crippen LogP) is 7.35. The fourth-order valence-corrected chi connectivity index (χ4v) is 9.32. The third-order valence-electron chi connectivity index (χ3n) is 6.55. The minimum absolute atomic E-state index is 0.925. The van der Waals surface area contributed by atoms with Gasteiger partial charge >= 0.3 is 184 Å². The van der Waals surface area contributed by atoms with Gasteiger partial charge in [0.2, 0.25) is 0 Å². The molecule has 0 nitrogen and oxygen atoms in total. The Labute approximate surface area is 183 Å². The van der Waals surface area contributed by atoms with E-state index in [0.717, 1.165) is 12.8 Å². The molecule has 4 aromatic rings. The Morgan fingerprint density at radius 1 is 0.552 bits per heavy atom. The summed E-state index contributed by atoms with van der Waals surface area (Å²) in [6, 6.07) is 27.2.